The number of hydrogen-bond acceptors (Lipinski definition) is 9. The van der Waals surface area contributed by atoms with E-state index in [-0.39, 0.29) is 46.2 Å². The molecular formula is C23H18Cl2N2O9S2. The van der Waals surface area contributed by atoms with E-state index in [2.05, 4.69) is 0 Å². The molecule has 5 N–H and O–H groups in total. The van der Waals surface area contributed by atoms with E-state index in [4.69, 9.17) is 36.9 Å². The Kier molecular flexibility index (Phi) is 6.63. The van der Waals surface area contributed by atoms with Gasteiger partial charge in [-0.1, -0.05) is 12.2 Å². The van der Waals surface area contributed by atoms with Crippen LogP contribution in [0.15, 0.2) is 56.2 Å². The predicted octanol–water partition coefficient (Wildman–Crippen LogP) is 3.73. The molecule has 1 heterocycles. The fraction of sp³-hybridized carbons (Fsp3) is 0.174. The molecule has 1 aromatic carbocycles. The lowest BCUT2D eigenvalue weighted by Gasteiger charge is -2.22. The summed E-state index contributed by atoms with van der Waals surface area (Å²) in [5, 5.41) is 27.3. The summed E-state index contributed by atoms with van der Waals surface area (Å²) in [5.41, 5.74) is 3.35. The molecule has 0 bridgehead atoms. The summed E-state index contributed by atoms with van der Waals surface area (Å²) in [6, 6.07) is 4.95. The maximum atomic E-state index is 12.5. The van der Waals surface area contributed by atoms with Crippen molar-refractivity contribution in [1.82, 2.24) is 0 Å². The summed E-state index contributed by atoms with van der Waals surface area (Å²) in [5.74, 6) is -3.15. The number of fused-ring (bicyclic) bond motifs is 2. The fourth-order valence-corrected chi connectivity index (χ4v) is 6.78. The van der Waals surface area contributed by atoms with Gasteiger partial charge in [0.05, 0.1) is 22.0 Å². The van der Waals surface area contributed by atoms with Crippen LogP contribution in [0.5, 0.6) is 0 Å². The van der Waals surface area contributed by atoms with Gasteiger partial charge in [-0.25, -0.2) is 21.6 Å². The molecule has 0 amide bonds. The molecule has 1 aromatic rings. The third-order valence-electron chi connectivity index (χ3n) is 6.34. The Morgan fingerprint density at radius 3 is 2.24 bits per heavy atom. The molecule has 38 heavy (non-hydrogen) atoms. The lowest BCUT2D eigenvalue weighted by atomic mass is 9.83. The topological polar surface area (TPSA) is 206 Å². The molecule has 1 aliphatic heterocycles. The van der Waals surface area contributed by atoms with E-state index in [9.17, 15) is 36.6 Å². The first kappa shape index (κ1) is 27.6. The number of hydrogen-bond donors (Lipinski definition) is 4. The zero-order valence-corrected chi connectivity index (χ0v) is 22.4. The number of nitrogens with two attached hydrogens (primary N) is 1. The largest absolute Gasteiger partial charge is 0.481 e. The van der Waals surface area contributed by atoms with Gasteiger partial charge in [-0.05, 0) is 49.6 Å². The van der Waals surface area contributed by atoms with Crippen molar-refractivity contribution in [3.63, 3.8) is 0 Å². The van der Waals surface area contributed by atoms with Gasteiger partial charge in [-0.2, -0.15) is 0 Å². The number of carboxylic acid groups (broad SMARTS) is 2. The van der Waals surface area contributed by atoms with Crippen molar-refractivity contribution in [3.05, 3.63) is 52.9 Å². The maximum absolute atomic E-state index is 12.5. The molecule has 0 spiro atoms. The summed E-state index contributed by atoms with van der Waals surface area (Å²) < 4.78 is 55.7. The maximum Gasteiger partial charge on any atom is 0.335 e. The number of allylic oxidation sites excluding steroid dienone is 1. The van der Waals surface area contributed by atoms with Gasteiger partial charge in [0.2, 0.25) is 0 Å². The zero-order chi connectivity index (χ0) is 28.4. The van der Waals surface area contributed by atoms with Crippen LogP contribution in [0.3, 0.4) is 0 Å². The number of rotatable bonds is 5. The summed E-state index contributed by atoms with van der Waals surface area (Å²) in [4.78, 5) is 22.8. The average Bonchev–Trinajstić information content (AvgIpc) is 2.95. The third kappa shape index (κ3) is 4.55. The van der Waals surface area contributed by atoms with Crippen LogP contribution in [0.25, 0.3) is 27.9 Å². The Labute approximate surface area is 224 Å². The molecular weight excluding hydrogens is 583 g/mol. The van der Waals surface area contributed by atoms with Crippen LogP contribution < -0.4 is 11.1 Å². The Bertz CT molecular complexity index is 1880. The summed E-state index contributed by atoms with van der Waals surface area (Å²) in [6.07, 6.45) is 2.18. The lowest BCUT2D eigenvalue weighted by molar-refractivity contribution is -0.145. The monoisotopic (exact) mass is 600 g/mol. The van der Waals surface area contributed by atoms with Gasteiger partial charge in [0.25, 0.3) is 18.1 Å². The number of halogens is 2. The zero-order valence-electron chi connectivity index (χ0n) is 19.3. The van der Waals surface area contributed by atoms with Crippen molar-refractivity contribution >= 4 is 73.6 Å². The summed E-state index contributed by atoms with van der Waals surface area (Å²) in [7, 11) is 2.00. The van der Waals surface area contributed by atoms with Gasteiger partial charge in [-0.15, -0.1) is 0 Å². The van der Waals surface area contributed by atoms with Gasteiger partial charge >= 0.3 is 11.9 Å². The van der Waals surface area contributed by atoms with Gasteiger partial charge in [0.15, 0.2) is 16.2 Å². The Morgan fingerprint density at radius 1 is 1.05 bits per heavy atom. The van der Waals surface area contributed by atoms with Crippen LogP contribution in [-0.4, -0.2) is 39.0 Å². The second-order valence-electron chi connectivity index (χ2n) is 8.79. The van der Waals surface area contributed by atoms with Crippen molar-refractivity contribution in [2.75, 3.05) is 5.73 Å². The molecule has 0 fully saturated rings. The smallest absolute Gasteiger partial charge is 0.335 e. The summed E-state index contributed by atoms with van der Waals surface area (Å²) in [6.45, 7) is 1.41. The van der Waals surface area contributed by atoms with E-state index >= 15 is 0 Å². The van der Waals surface area contributed by atoms with Crippen LogP contribution in [0, 0.1) is 10.8 Å². The Morgan fingerprint density at radius 2 is 1.68 bits per heavy atom. The van der Waals surface area contributed by atoms with Crippen molar-refractivity contribution in [3.8, 4) is 11.3 Å². The highest BCUT2D eigenvalue weighted by Crippen LogP contribution is 2.47. The van der Waals surface area contributed by atoms with E-state index in [0.717, 1.165) is 12.1 Å². The van der Waals surface area contributed by atoms with Gasteiger partial charge < -0.3 is 20.4 Å². The molecule has 1 atom stereocenters. The van der Waals surface area contributed by atoms with Crippen molar-refractivity contribution in [2.24, 2.45) is 5.41 Å². The molecule has 0 saturated carbocycles. The lowest BCUT2D eigenvalue weighted by Crippen LogP contribution is -2.24. The third-order valence-corrected chi connectivity index (χ3v) is 9.07. The van der Waals surface area contributed by atoms with Gasteiger partial charge in [0, 0.05) is 37.9 Å². The van der Waals surface area contributed by atoms with Gasteiger partial charge in [-0.3, -0.25) is 10.2 Å². The number of benzene rings is 2. The van der Waals surface area contributed by atoms with Crippen LogP contribution in [0.4, 0.5) is 5.69 Å². The minimum Gasteiger partial charge on any atom is -0.481 e. The van der Waals surface area contributed by atoms with Crippen LogP contribution in [0.1, 0.15) is 25.3 Å². The van der Waals surface area contributed by atoms with E-state index < -0.39 is 61.9 Å². The van der Waals surface area contributed by atoms with Crippen molar-refractivity contribution < 1.29 is 41.1 Å². The number of carbonyl (C=O) groups is 2. The molecule has 0 radical (unpaired) electrons. The van der Waals surface area contributed by atoms with Crippen LogP contribution in [0.2, 0.25) is 0 Å². The number of carboxylic acids is 2. The average molecular weight is 601 g/mol. The minimum atomic E-state index is -4.65. The number of aliphatic carboxylic acids is 2. The van der Waals surface area contributed by atoms with E-state index in [1.165, 1.54) is 31.2 Å². The van der Waals surface area contributed by atoms with Crippen molar-refractivity contribution in [1.29, 1.82) is 5.41 Å². The second-order valence-corrected chi connectivity index (χ2v) is 13.8. The summed E-state index contributed by atoms with van der Waals surface area (Å²) >= 11 is 0. The molecule has 15 heteroatoms. The van der Waals surface area contributed by atoms with Crippen molar-refractivity contribution in [2.45, 2.75) is 29.6 Å². The number of anilines is 1. The van der Waals surface area contributed by atoms with Gasteiger partial charge in [0.1, 0.15) is 4.90 Å². The molecule has 2 aliphatic carbocycles. The highest BCUT2D eigenvalue weighted by molar-refractivity contribution is 8.14. The Balaban J connectivity index is 2.30. The first-order valence-corrected chi connectivity index (χ1v) is 15.2. The SMILES string of the molecule is CC1(C(=O)O)C=CC(C(=O)O)=C(c2c3ccc(=N)c(S(=O)(=O)Cl)c-3oc3c(S(=O)(=O)Cl)c(N)ccc23)CC1. The fourth-order valence-electron chi connectivity index (χ4n) is 4.41. The first-order chi connectivity index (χ1) is 17.5. The second kappa shape index (κ2) is 9.12. The minimum absolute atomic E-state index is 0.00246. The molecule has 200 valence electrons. The molecule has 1 unspecified atom stereocenters. The predicted molar refractivity (Wildman–Crippen MR) is 138 cm³/mol. The van der Waals surface area contributed by atoms with Crippen LogP contribution >= 0.6 is 21.4 Å². The first-order valence-electron chi connectivity index (χ1n) is 10.6. The molecule has 0 saturated heterocycles. The molecule has 0 aromatic heterocycles. The van der Waals surface area contributed by atoms with E-state index in [0.29, 0.717) is 0 Å². The number of nitrogen functional groups attached to an aromatic ring is 1. The van der Waals surface area contributed by atoms with Crippen LogP contribution in [-0.2, 0) is 27.7 Å². The van der Waals surface area contributed by atoms with E-state index in [1.54, 1.807) is 0 Å². The highest BCUT2D eigenvalue weighted by atomic mass is 35.7. The number of nitrogens with one attached hydrogen (secondary N) is 1. The van der Waals surface area contributed by atoms with E-state index in [1.807, 2.05) is 0 Å². The molecule has 4 rings (SSSR count). The standard InChI is InChI=1S/C23H18Cl2N2O9S2/c1-23(22(30)31)8-6-10(11(7-9-23)21(28)29)16-12-2-4-14(26)19(37(24,32)33)17(12)36-18-13(16)3-5-15(27)20(18)38(25,34)35/h2-5,7,9,26H,6,8,27H2,1H3,(H,28,29)(H,30,31). The highest BCUT2D eigenvalue weighted by Gasteiger charge is 2.36. The Hall–Kier alpha value is -3.39. The molecule has 3 aliphatic rings. The molecule has 11 nitrogen and oxygen atoms in total. The quantitative estimate of drug-likeness (QED) is 0.189. The normalized spacial score (nSPS) is 18.6.